The summed E-state index contributed by atoms with van der Waals surface area (Å²) in [6.45, 7) is 1.40. The number of anilines is 1. The number of benzene rings is 2. The molecule has 0 bridgehead atoms. The molecule has 0 unspecified atom stereocenters. The lowest BCUT2D eigenvalue weighted by Gasteiger charge is -2.23. The Bertz CT molecular complexity index is 932. The molecule has 1 atom stereocenters. The Balaban J connectivity index is 2.03. The predicted octanol–water partition coefficient (Wildman–Crippen LogP) is 2.50. The van der Waals surface area contributed by atoms with Crippen molar-refractivity contribution in [3.05, 3.63) is 70.3 Å². The number of nitrogens with zero attached hydrogens (tertiary/aromatic N) is 2. The summed E-state index contributed by atoms with van der Waals surface area (Å²) in [5.74, 6) is -0.475. The van der Waals surface area contributed by atoms with Gasteiger partial charge in [-0.25, -0.2) is 8.42 Å². The molecular formula is C19H23N3O5S. The molecule has 9 heteroatoms. The zero-order valence-electron chi connectivity index (χ0n) is 15.7. The van der Waals surface area contributed by atoms with Crippen LogP contribution in [0.25, 0.3) is 0 Å². The van der Waals surface area contributed by atoms with E-state index < -0.39 is 27.4 Å². The number of nitrogens with one attached hydrogen (secondary N) is 1. The van der Waals surface area contributed by atoms with Crippen molar-refractivity contribution >= 4 is 27.3 Å². The lowest BCUT2D eigenvalue weighted by atomic mass is 10.1. The molecule has 0 aliphatic rings. The van der Waals surface area contributed by atoms with E-state index in [1.54, 1.807) is 0 Å². The van der Waals surface area contributed by atoms with Gasteiger partial charge in [0, 0.05) is 18.2 Å². The number of carbonyl (C=O) groups excluding carboxylic acids is 1. The van der Waals surface area contributed by atoms with Crippen LogP contribution in [0.4, 0.5) is 11.4 Å². The first kappa shape index (κ1) is 21.4. The third-order valence-electron chi connectivity index (χ3n) is 4.13. The Hall–Kier alpha value is -2.94. The van der Waals surface area contributed by atoms with Gasteiger partial charge < -0.3 is 5.32 Å². The summed E-state index contributed by atoms with van der Waals surface area (Å²) >= 11 is 0. The van der Waals surface area contributed by atoms with Crippen molar-refractivity contribution in [3.8, 4) is 0 Å². The largest absolute Gasteiger partial charge is 0.352 e. The van der Waals surface area contributed by atoms with Crippen LogP contribution in [0.3, 0.4) is 0 Å². The number of nitro benzene ring substituents is 1. The number of sulfonamides is 1. The molecule has 0 aliphatic carbocycles. The Labute approximate surface area is 164 Å². The van der Waals surface area contributed by atoms with E-state index in [1.807, 2.05) is 37.3 Å². The van der Waals surface area contributed by atoms with Crippen LogP contribution >= 0.6 is 0 Å². The second-order valence-corrected chi connectivity index (χ2v) is 8.45. The molecule has 2 rings (SSSR count). The van der Waals surface area contributed by atoms with Crippen LogP contribution in [0, 0.1) is 10.1 Å². The van der Waals surface area contributed by atoms with Crippen LogP contribution in [0.1, 0.15) is 18.9 Å². The van der Waals surface area contributed by atoms with E-state index in [2.05, 4.69) is 5.32 Å². The molecule has 0 saturated heterocycles. The minimum Gasteiger partial charge on any atom is -0.352 e. The van der Waals surface area contributed by atoms with Gasteiger partial charge in [-0.3, -0.25) is 19.2 Å². The van der Waals surface area contributed by atoms with E-state index >= 15 is 0 Å². The molecular weight excluding hydrogens is 382 g/mol. The van der Waals surface area contributed by atoms with Gasteiger partial charge in [0.15, 0.2) is 0 Å². The first-order valence-corrected chi connectivity index (χ1v) is 10.6. The molecule has 1 amide bonds. The van der Waals surface area contributed by atoms with Gasteiger partial charge in [-0.15, -0.1) is 0 Å². The molecule has 150 valence electrons. The molecule has 0 aliphatic heterocycles. The normalized spacial score (nSPS) is 12.2. The summed E-state index contributed by atoms with van der Waals surface area (Å²) in [5, 5.41) is 13.7. The van der Waals surface area contributed by atoms with Gasteiger partial charge >= 0.3 is 0 Å². The van der Waals surface area contributed by atoms with Crippen molar-refractivity contribution in [3.63, 3.8) is 0 Å². The third-order valence-corrected chi connectivity index (χ3v) is 5.27. The number of amides is 1. The minimum absolute atomic E-state index is 0.0730. The Morgan fingerprint density at radius 3 is 2.46 bits per heavy atom. The molecule has 28 heavy (non-hydrogen) atoms. The van der Waals surface area contributed by atoms with Gasteiger partial charge in [0.1, 0.15) is 6.54 Å². The molecule has 2 aromatic rings. The molecule has 2 aromatic carbocycles. The van der Waals surface area contributed by atoms with Gasteiger partial charge in [0.05, 0.1) is 16.9 Å². The van der Waals surface area contributed by atoms with Crippen molar-refractivity contribution in [1.82, 2.24) is 5.32 Å². The molecule has 1 N–H and O–H groups in total. The first-order valence-electron chi connectivity index (χ1n) is 8.72. The third kappa shape index (κ3) is 6.34. The smallest absolute Gasteiger partial charge is 0.271 e. The average Bonchev–Trinajstić information content (AvgIpc) is 2.64. The van der Waals surface area contributed by atoms with E-state index in [4.69, 9.17) is 0 Å². The lowest BCUT2D eigenvalue weighted by Crippen LogP contribution is -2.43. The van der Waals surface area contributed by atoms with Crippen LogP contribution in [-0.4, -0.2) is 38.1 Å². The van der Waals surface area contributed by atoms with Crippen LogP contribution in [0.2, 0.25) is 0 Å². The summed E-state index contributed by atoms with van der Waals surface area (Å²) < 4.78 is 25.1. The Kier molecular flexibility index (Phi) is 7.11. The maximum Gasteiger partial charge on any atom is 0.271 e. The summed E-state index contributed by atoms with van der Waals surface area (Å²) in [6.07, 6.45) is 2.44. The van der Waals surface area contributed by atoms with Crippen LogP contribution in [-0.2, 0) is 21.2 Å². The molecule has 0 saturated carbocycles. The summed E-state index contributed by atoms with van der Waals surface area (Å²) in [5.41, 5.74) is 0.976. The predicted molar refractivity (Wildman–Crippen MR) is 108 cm³/mol. The summed E-state index contributed by atoms with van der Waals surface area (Å²) in [6, 6.07) is 14.9. The van der Waals surface area contributed by atoms with Crippen molar-refractivity contribution in [2.75, 3.05) is 17.1 Å². The quantitative estimate of drug-likeness (QED) is 0.509. The van der Waals surface area contributed by atoms with Crippen LogP contribution < -0.4 is 9.62 Å². The highest BCUT2D eigenvalue weighted by molar-refractivity contribution is 7.92. The summed E-state index contributed by atoms with van der Waals surface area (Å²) in [7, 11) is -3.80. The number of hydrogen-bond donors (Lipinski definition) is 1. The fourth-order valence-corrected chi connectivity index (χ4v) is 3.56. The molecule has 0 spiro atoms. The van der Waals surface area contributed by atoms with Crippen molar-refractivity contribution < 1.29 is 18.1 Å². The Morgan fingerprint density at radius 1 is 1.18 bits per heavy atom. The topological polar surface area (TPSA) is 110 Å². The SMILES string of the molecule is C[C@@H](CCc1ccccc1)NC(=O)CN(c1cccc([N+](=O)[O-])c1)S(C)(=O)=O. The average molecular weight is 405 g/mol. The standard InChI is InChI=1S/C19H23N3O5S/c1-15(11-12-16-7-4-3-5-8-16)20-19(23)14-21(28(2,26)27)17-9-6-10-18(13-17)22(24)25/h3-10,13,15H,11-12,14H2,1-2H3,(H,20,23)/t15-/m0/s1. The number of non-ortho nitro benzene ring substituents is 1. The van der Waals surface area contributed by atoms with E-state index in [0.29, 0.717) is 6.42 Å². The van der Waals surface area contributed by atoms with Gasteiger partial charge in [-0.05, 0) is 31.4 Å². The fourth-order valence-electron chi connectivity index (χ4n) is 2.71. The molecule has 0 radical (unpaired) electrons. The zero-order valence-corrected chi connectivity index (χ0v) is 16.6. The van der Waals surface area contributed by atoms with Crippen molar-refractivity contribution in [2.24, 2.45) is 0 Å². The molecule has 8 nitrogen and oxygen atoms in total. The highest BCUT2D eigenvalue weighted by atomic mass is 32.2. The second kappa shape index (κ2) is 9.32. The van der Waals surface area contributed by atoms with E-state index in [1.165, 1.54) is 18.2 Å². The number of rotatable bonds is 9. The number of carbonyl (C=O) groups is 1. The molecule has 0 fully saturated rings. The molecule has 0 aromatic heterocycles. The van der Waals surface area contributed by atoms with E-state index in [0.717, 1.165) is 28.6 Å². The van der Waals surface area contributed by atoms with Gasteiger partial charge in [0.25, 0.3) is 5.69 Å². The minimum atomic E-state index is -3.80. The highest BCUT2D eigenvalue weighted by Crippen LogP contribution is 2.23. The number of nitro groups is 1. The number of aryl methyl sites for hydroxylation is 1. The van der Waals surface area contributed by atoms with Crippen molar-refractivity contribution in [1.29, 1.82) is 0 Å². The zero-order chi connectivity index (χ0) is 20.7. The van der Waals surface area contributed by atoms with Gasteiger partial charge in [0.2, 0.25) is 15.9 Å². The van der Waals surface area contributed by atoms with Crippen molar-refractivity contribution in [2.45, 2.75) is 25.8 Å². The maximum absolute atomic E-state index is 12.4. The van der Waals surface area contributed by atoms with Gasteiger partial charge in [-0.1, -0.05) is 36.4 Å². The van der Waals surface area contributed by atoms with Crippen LogP contribution in [0.5, 0.6) is 0 Å². The molecule has 0 heterocycles. The summed E-state index contributed by atoms with van der Waals surface area (Å²) in [4.78, 5) is 22.7. The lowest BCUT2D eigenvalue weighted by molar-refractivity contribution is -0.384. The van der Waals surface area contributed by atoms with Crippen LogP contribution in [0.15, 0.2) is 54.6 Å². The van der Waals surface area contributed by atoms with Gasteiger partial charge in [-0.2, -0.15) is 0 Å². The second-order valence-electron chi connectivity index (χ2n) is 6.54. The van der Waals surface area contributed by atoms with E-state index in [9.17, 15) is 23.3 Å². The fraction of sp³-hybridized carbons (Fsp3) is 0.316. The van der Waals surface area contributed by atoms with E-state index in [-0.39, 0.29) is 17.4 Å². The Morgan fingerprint density at radius 2 is 1.86 bits per heavy atom. The number of hydrogen-bond acceptors (Lipinski definition) is 5. The monoisotopic (exact) mass is 405 g/mol. The maximum atomic E-state index is 12.4. The first-order chi connectivity index (χ1) is 13.2. The highest BCUT2D eigenvalue weighted by Gasteiger charge is 2.23.